The minimum absolute atomic E-state index is 0.154. The maximum absolute atomic E-state index is 11.6. The van der Waals surface area contributed by atoms with Crippen LogP contribution < -0.4 is 10.5 Å². The van der Waals surface area contributed by atoms with E-state index < -0.39 is 5.97 Å². The van der Waals surface area contributed by atoms with E-state index in [0.717, 1.165) is 10.0 Å². The molecule has 2 aromatic rings. The molecule has 1 heterocycles. The zero-order chi connectivity index (χ0) is 14.7. The highest BCUT2D eigenvalue weighted by Crippen LogP contribution is 2.31. The summed E-state index contributed by atoms with van der Waals surface area (Å²) in [7, 11) is 1.29. The van der Waals surface area contributed by atoms with Crippen LogP contribution in [0.2, 0.25) is 0 Å². The number of esters is 1. The van der Waals surface area contributed by atoms with Crippen molar-refractivity contribution < 1.29 is 14.3 Å². The van der Waals surface area contributed by atoms with Crippen LogP contribution in [0.3, 0.4) is 0 Å². The lowest BCUT2D eigenvalue weighted by molar-refractivity contribution is 0.0601. The summed E-state index contributed by atoms with van der Waals surface area (Å²) >= 11 is 3.38. The predicted octanol–water partition coefficient (Wildman–Crippen LogP) is 3.31. The van der Waals surface area contributed by atoms with Gasteiger partial charge in [-0.1, -0.05) is 15.9 Å². The second-order valence-electron chi connectivity index (χ2n) is 4.08. The fourth-order valence-electron chi connectivity index (χ4n) is 1.65. The van der Waals surface area contributed by atoms with Crippen LogP contribution in [0.5, 0.6) is 11.6 Å². The van der Waals surface area contributed by atoms with Crippen LogP contribution in [0.1, 0.15) is 15.9 Å². The van der Waals surface area contributed by atoms with Gasteiger partial charge in [-0.25, -0.2) is 9.78 Å². The van der Waals surface area contributed by atoms with Crippen molar-refractivity contribution in [2.75, 3.05) is 12.8 Å². The normalized spacial score (nSPS) is 10.2. The Morgan fingerprint density at radius 2 is 2.10 bits per heavy atom. The van der Waals surface area contributed by atoms with Crippen LogP contribution in [0.15, 0.2) is 34.9 Å². The summed E-state index contributed by atoms with van der Waals surface area (Å²) in [6.45, 7) is 1.90. The van der Waals surface area contributed by atoms with E-state index in [4.69, 9.17) is 10.5 Å². The second kappa shape index (κ2) is 5.92. The van der Waals surface area contributed by atoms with Crippen molar-refractivity contribution in [2.24, 2.45) is 0 Å². The molecule has 0 aliphatic carbocycles. The highest BCUT2D eigenvalue weighted by Gasteiger charge is 2.15. The molecule has 104 valence electrons. The fraction of sp³-hybridized carbons (Fsp3) is 0.143. The number of aryl methyl sites for hydroxylation is 1. The van der Waals surface area contributed by atoms with Gasteiger partial charge in [0, 0.05) is 10.7 Å². The molecule has 0 amide bonds. The average Bonchev–Trinajstić information content (AvgIpc) is 2.43. The zero-order valence-corrected chi connectivity index (χ0v) is 12.6. The third kappa shape index (κ3) is 2.91. The molecule has 20 heavy (non-hydrogen) atoms. The maximum atomic E-state index is 11.6. The van der Waals surface area contributed by atoms with E-state index in [1.54, 1.807) is 6.07 Å². The SMILES string of the molecule is COC(=O)c1ccnc(Oc2ccc(Br)cc2C)c1N. The molecule has 2 rings (SSSR count). The highest BCUT2D eigenvalue weighted by atomic mass is 79.9. The number of carbonyl (C=O) groups excluding carboxylic acids is 1. The summed E-state index contributed by atoms with van der Waals surface area (Å²) in [5, 5.41) is 0. The molecule has 0 unspecified atom stereocenters. The number of hydrogen-bond acceptors (Lipinski definition) is 5. The molecule has 0 spiro atoms. The molecule has 6 heteroatoms. The van der Waals surface area contributed by atoms with Gasteiger partial charge in [-0.2, -0.15) is 0 Å². The number of halogens is 1. The molecular weight excluding hydrogens is 324 g/mol. The van der Waals surface area contributed by atoms with Crippen LogP contribution in [0, 0.1) is 6.92 Å². The summed E-state index contributed by atoms with van der Waals surface area (Å²) in [5.41, 5.74) is 7.19. The topological polar surface area (TPSA) is 74.4 Å². The summed E-state index contributed by atoms with van der Waals surface area (Å²) in [4.78, 5) is 15.6. The number of rotatable bonds is 3. The largest absolute Gasteiger partial charge is 0.465 e. The lowest BCUT2D eigenvalue weighted by Gasteiger charge is -2.11. The quantitative estimate of drug-likeness (QED) is 0.870. The average molecular weight is 337 g/mol. The Bertz CT molecular complexity index is 659. The Balaban J connectivity index is 2.37. The second-order valence-corrected chi connectivity index (χ2v) is 5.00. The molecule has 2 N–H and O–H groups in total. The third-order valence-electron chi connectivity index (χ3n) is 2.70. The predicted molar refractivity (Wildman–Crippen MR) is 78.9 cm³/mol. The summed E-state index contributed by atoms with van der Waals surface area (Å²) in [5.74, 6) is 0.273. The highest BCUT2D eigenvalue weighted by molar-refractivity contribution is 9.10. The number of methoxy groups -OCH3 is 1. The van der Waals surface area contributed by atoms with E-state index >= 15 is 0 Å². The molecule has 0 radical (unpaired) electrons. The molecule has 1 aromatic heterocycles. The van der Waals surface area contributed by atoms with Gasteiger partial charge in [-0.3, -0.25) is 0 Å². The molecule has 0 saturated carbocycles. The number of nitrogens with two attached hydrogens (primary N) is 1. The van der Waals surface area contributed by atoms with Gasteiger partial charge in [0.1, 0.15) is 11.4 Å². The molecule has 0 aliphatic rings. The number of nitrogen functional groups attached to an aromatic ring is 1. The van der Waals surface area contributed by atoms with E-state index in [9.17, 15) is 4.79 Å². The van der Waals surface area contributed by atoms with Gasteiger partial charge in [0.05, 0.1) is 12.7 Å². The standard InChI is InChI=1S/C14H13BrN2O3/c1-8-7-9(15)3-4-11(8)20-13-12(16)10(5-6-17-13)14(18)19-2/h3-7H,16H2,1-2H3. The number of hydrogen-bond donors (Lipinski definition) is 1. The number of aromatic nitrogens is 1. The van der Waals surface area contributed by atoms with Crippen molar-refractivity contribution in [1.29, 1.82) is 0 Å². The first kappa shape index (κ1) is 14.3. The first-order valence-electron chi connectivity index (χ1n) is 5.79. The number of ether oxygens (including phenoxy) is 2. The minimum atomic E-state index is -0.526. The number of anilines is 1. The Morgan fingerprint density at radius 3 is 2.75 bits per heavy atom. The van der Waals surface area contributed by atoms with Crippen LogP contribution in [-0.4, -0.2) is 18.1 Å². The number of pyridine rings is 1. The molecule has 0 bridgehead atoms. The first-order valence-corrected chi connectivity index (χ1v) is 6.59. The summed E-state index contributed by atoms with van der Waals surface area (Å²) < 4.78 is 11.3. The zero-order valence-electron chi connectivity index (χ0n) is 11.0. The molecular formula is C14H13BrN2O3. The molecule has 0 saturated heterocycles. The monoisotopic (exact) mass is 336 g/mol. The Labute approximate surface area is 124 Å². The minimum Gasteiger partial charge on any atom is -0.465 e. The lowest BCUT2D eigenvalue weighted by atomic mass is 10.2. The van der Waals surface area contributed by atoms with Gasteiger partial charge >= 0.3 is 5.97 Å². The van der Waals surface area contributed by atoms with Gasteiger partial charge in [-0.05, 0) is 36.8 Å². The lowest BCUT2D eigenvalue weighted by Crippen LogP contribution is -2.07. The van der Waals surface area contributed by atoms with Gasteiger partial charge in [-0.15, -0.1) is 0 Å². The van der Waals surface area contributed by atoms with Crippen molar-refractivity contribution in [3.05, 3.63) is 46.1 Å². The van der Waals surface area contributed by atoms with E-state index in [2.05, 4.69) is 25.7 Å². The smallest absolute Gasteiger partial charge is 0.340 e. The van der Waals surface area contributed by atoms with Gasteiger partial charge in [0.25, 0.3) is 0 Å². The van der Waals surface area contributed by atoms with E-state index in [0.29, 0.717) is 5.75 Å². The Kier molecular flexibility index (Phi) is 4.24. The Hall–Kier alpha value is -2.08. The molecule has 0 fully saturated rings. The van der Waals surface area contributed by atoms with Crippen LogP contribution in [0.25, 0.3) is 0 Å². The van der Waals surface area contributed by atoms with E-state index in [1.807, 2.05) is 19.1 Å². The molecule has 0 aliphatic heterocycles. The van der Waals surface area contributed by atoms with E-state index in [-0.39, 0.29) is 17.1 Å². The fourth-order valence-corrected chi connectivity index (χ4v) is 2.13. The molecule has 1 aromatic carbocycles. The summed E-state index contributed by atoms with van der Waals surface area (Å²) in [6, 6.07) is 7.05. The van der Waals surface area contributed by atoms with Crippen molar-refractivity contribution in [1.82, 2.24) is 4.98 Å². The van der Waals surface area contributed by atoms with Gasteiger partial charge in [0.2, 0.25) is 5.88 Å². The van der Waals surface area contributed by atoms with E-state index in [1.165, 1.54) is 19.4 Å². The summed E-state index contributed by atoms with van der Waals surface area (Å²) in [6.07, 6.45) is 1.45. The van der Waals surface area contributed by atoms with Crippen molar-refractivity contribution in [3.8, 4) is 11.6 Å². The number of benzene rings is 1. The molecule has 0 atom stereocenters. The van der Waals surface area contributed by atoms with Crippen LogP contribution in [-0.2, 0) is 4.74 Å². The first-order chi connectivity index (χ1) is 9.52. The third-order valence-corrected chi connectivity index (χ3v) is 3.20. The number of carbonyl (C=O) groups is 1. The molecule has 5 nitrogen and oxygen atoms in total. The van der Waals surface area contributed by atoms with Gasteiger partial charge < -0.3 is 15.2 Å². The maximum Gasteiger partial charge on any atom is 0.340 e. The van der Waals surface area contributed by atoms with Crippen molar-refractivity contribution in [3.63, 3.8) is 0 Å². The number of nitrogens with zero attached hydrogens (tertiary/aromatic N) is 1. The Morgan fingerprint density at radius 1 is 1.35 bits per heavy atom. The van der Waals surface area contributed by atoms with Crippen molar-refractivity contribution >= 4 is 27.6 Å². The van der Waals surface area contributed by atoms with Crippen molar-refractivity contribution in [2.45, 2.75) is 6.92 Å². The van der Waals surface area contributed by atoms with Crippen LogP contribution >= 0.6 is 15.9 Å². The van der Waals surface area contributed by atoms with Gasteiger partial charge in [0.15, 0.2) is 0 Å². The van der Waals surface area contributed by atoms with Crippen LogP contribution in [0.4, 0.5) is 5.69 Å².